The third kappa shape index (κ3) is 3.85. The normalized spacial score (nSPS) is 32.3. The Bertz CT molecular complexity index is 267. The third-order valence-electron chi connectivity index (χ3n) is 4.19. The van der Waals surface area contributed by atoms with Gasteiger partial charge in [-0.3, -0.25) is 0 Å². The van der Waals surface area contributed by atoms with Crippen LogP contribution in [0, 0.1) is 5.92 Å². The molecule has 18 heavy (non-hydrogen) atoms. The van der Waals surface area contributed by atoms with Gasteiger partial charge in [-0.1, -0.05) is 12.8 Å². The molecule has 0 aromatic carbocycles. The molecular weight excluding hydrogens is 230 g/mol. The summed E-state index contributed by atoms with van der Waals surface area (Å²) in [7, 11) is 0. The summed E-state index contributed by atoms with van der Waals surface area (Å²) in [6, 6.07) is 1.24. The number of hydrogen-bond donors (Lipinski definition) is 3. The minimum Gasteiger partial charge on any atom is -0.448 e. The highest BCUT2D eigenvalue weighted by atomic mass is 16.5. The lowest BCUT2D eigenvalue weighted by molar-refractivity contribution is 0.149. The summed E-state index contributed by atoms with van der Waals surface area (Å²) < 4.78 is 4.75. The van der Waals surface area contributed by atoms with Crippen LogP contribution in [0.5, 0.6) is 0 Å². The minimum absolute atomic E-state index is 0.372. The average Bonchev–Trinajstić information content (AvgIpc) is 2.88. The number of hydrogen-bond acceptors (Lipinski definition) is 4. The molecule has 1 aliphatic heterocycles. The second kappa shape index (κ2) is 6.95. The Kier molecular flexibility index (Phi) is 5.26. The standard InChI is InChI=1S/C13H25N3O2/c14-13(17)18-9-8-16-11-5-2-1-4-10(11)12-6-3-7-15-12/h10-12,15-16H,1-9H2,(H2,14,17). The summed E-state index contributed by atoms with van der Waals surface area (Å²) in [6.45, 7) is 2.24. The van der Waals surface area contributed by atoms with Crippen molar-refractivity contribution < 1.29 is 9.53 Å². The van der Waals surface area contributed by atoms with E-state index in [9.17, 15) is 4.79 Å². The molecule has 3 atom stereocenters. The first-order chi connectivity index (χ1) is 8.77. The molecule has 5 nitrogen and oxygen atoms in total. The number of rotatable bonds is 5. The van der Waals surface area contributed by atoms with E-state index in [0.717, 1.165) is 5.92 Å². The van der Waals surface area contributed by atoms with Gasteiger partial charge in [-0.05, 0) is 38.1 Å². The smallest absolute Gasteiger partial charge is 0.404 e. The van der Waals surface area contributed by atoms with E-state index in [1.807, 2.05) is 0 Å². The van der Waals surface area contributed by atoms with Gasteiger partial charge in [-0.25, -0.2) is 4.79 Å². The number of ether oxygens (including phenoxy) is 1. The molecule has 1 heterocycles. The maximum atomic E-state index is 10.5. The van der Waals surface area contributed by atoms with Crippen LogP contribution in [0.2, 0.25) is 0 Å². The lowest BCUT2D eigenvalue weighted by Gasteiger charge is -2.36. The number of primary amides is 1. The quantitative estimate of drug-likeness (QED) is 0.640. The minimum atomic E-state index is -0.686. The van der Waals surface area contributed by atoms with Crippen molar-refractivity contribution in [2.24, 2.45) is 11.7 Å². The Morgan fingerprint density at radius 1 is 1.28 bits per heavy atom. The molecule has 0 spiro atoms. The van der Waals surface area contributed by atoms with Crippen LogP contribution in [-0.4, -0.2) is 37.9 Å². The molecule has 4 N–H and O–H groups in total. The van der Waals surface area contributed by atoms with E-state index in [1.54, 1.807) is 0 Å². The molecule has 1 amide bonds. The molecule has 5 heteroatoms. The van der Waals surface area contributed by atoms with Crippen molar-refractivity contribution in [2.45, 2.75) is 50.6 Å². The van der Waals surface area contributed by atoms with E-state index in [0.29, 0.717) is 25.2 Å². The first kappa shape index (κ1) is 13.6. The molecule has 0 radical (unpaired) electrons. The molecule has 2 fully saturated rings. The first-order valence-electron chi connectivity index (χ1n) is 7.16. The third-order valence-corrected chi connectivity index (χ3v) is 4.19. The zero-order valence-corrected chi connectivity index (χ0v) is 11.0. The maximum absolute atomic E-state index is 10.5. The summed E-state index contributed by atoms with van der Waals surface area (Å²) in [5.41, 5.74) is 4.94. The summed E-state index contributed by atoms with van der Waals surface area (Å²) in [4.78, 5) is 10.5. The molecule has 0 aromatic rings. The van der Waals surface area contributed by atoms with Crippen molar-refractivity contribution in [1.29, 1.82) is 0 Å². The summed E-state index contributed by atoms with van der Waals surface area (Å²) in [5.74, 6) is 0.731. The highest BCUT2D eigenvalue weighted by Gasteiger charge is 2.32. The van der Waals surface area contributed by atoms with Gasteiger partial charge in [-0.15, -0.1) is 0 Å². The van der Waals surface area contributed by atoms with Gasteiger partial charge in [0.15, 0.2) is 0 Å². The predicted molar refractivity (Wildman–Crippen MR) is 70.3 cm³/mol. The highest BCUT2D eigenvalue weighted by molar-refractivity contribution is 5.64. The van der Waals surface area contributed by atoms with Gasteiger partial charge < -0.3 is 21.1 Å². The Labute approximate surface area is 109 Å². The van der Waals surface area contributed by atoms with Gasteiger partial charge in [0.05, 0.1) is 0 Å². The van der Waals surface area contributed by atoms with Gasteiger partial charge >= 0.3 is 6.09 Å². The van der Waals surface area contributed by atoms with Gasteiger partial charge in [0, 0.05) is 18.6 Å². The first-order valence-corrected chi connectivity index (χ1v) is 7.16. The number of amides is 1. The zero-order chi connectivity index (χ0) is 12.8. The fourth-order valence-electron chi connectivity index (χ4n) is 3.37. The average molecular weight is 255 g/mol. The highest BCUT2D eigenvalue weighted by Crippen LogP contribution is 2.30. The second-order valence-corrected chi connectivity index (χ2v) is 5.38. The number of nitrogens with one attached hydrogen (secondary N) is 2. The van der Waals surface area contributed by atoms with E-state index in [4.69, 9.17) is 10.5 Å². The van der Waals surface area contributed by atoms with E-state index in [2.05, 4.69) is 10.6 Å². The molecule has 2 rings (SSSR count). The van der Waals surface area contributed by atoms with Gasteiger partial charge in [-0.2, -0.15) is 0 Å². The summed E-state index contributed by atoms with van der Waals surface area (Å²) in [6.07, 6.45) is 7.12. The van der Waals surface area contributed by atoms with Gasteiger partial charge in [0.2, 0.25) is 0 Å². The molecule has 3 unspecified atom stereocenters. The van der Waals surface area contributed by atoms with Crippen LogP contribution in [0.25, 0.3) is 0 Å². The second-order valence-electron chi connectivity index (χ2n) is 5.38. The van der Waals surface area contributed by atoms with E-state index in [-0.39, 0.29) is 0 Å². The fourth-order valence-corrected chi connectivity index (χ4v) is 3.37. The van der Waals surface area contributed by atoms with E-state index in [1.165, 1.54) is 45.1 Å². The molecule has 1 saturated heterocycles. The van der Waals surface area contributed by atoms with Crippen LogP contribution in [-0.2, 0) is 4.74 Å². The van der Waals surface area contributed by atoms with Crippen LogP contribution in [0.4, 0.5) is 4.79 Å². The van der Waals surface area contributed by atoms with Crippen molar-refractivity contribution >= 4 is 6.09 Å². The molecule has 0 aromatic heterocycles. The Morgan fingerprint density at radius 2 is 2.11 bits per heavy atom. The molecule has 0 bridgehead atoms. The van der Waals surface area contributed by atoms with Crippen LogP contribution >= 0.6 is 0 Å². The molecule has 1 saturated carbocycles. The maximum Gasteiger partial charge on any atom is 0.404 e. The van der Waals surface area contributed by atoms with E-state index >= 15 is 0 Å². The van der Waals surface area contributed by atoms with Crippen molar-refractivity contribution in [3.63, 3.8) is 0 Å². The predicted octanol–water partition coefficient (Wildman–Crippen LogP) is 0.982. The summed E-state index contributed by atoms with van der Waals surface area (Å²) in [5, 5.41) is 7.15. The van der Waals surface area contributed by atoms with Crippen molar-refractivity contribution in [3.05, 3.63) is 0 Å². The van der Waals surface area contributed by atoms with Crippen molar-refractivity contribution in [1.82, 2.24) is 10.6 Å². The van der Waals surface area contributed by atoms with E-state index < -0.39 is 6.09 Å². The number of carbonyl (C=O) groups is 1. The summed E-state index contributed by atoms with van der Waals surface area (Å²) >= 11 is 0. The van der Waals surface area contributed by atoms with Crippen LogP contribution in [0.3, 0.4) is 0 Å². The van der Waals surface area contributed by atoms with Gasteiger partial charge in [0.25, 0.3) is 0 Å². The molecule has 1 aliphatic carbocycles. The lowest BCUT2D eigenvalue weighted by atomic mass is 9.79. The topological polar surface area (TPSA) is 76.4 Å². The Balaban J connectivity index is 1.74. The zero-order valence-electron chi connectivity index (χ0n) is 11.0. The number of nitrogens with two attached hydrogens (primary N) is 1. The van der Waals surface area contributed by atoms with Crippen LogP contribution < -0.4 is 16.4 Å². The Hall–Kier alpha value is -0.810. The molecule has 104 valence electrons. The monoisotopic (exact) mass is 255 g/mol. The number of carbonyl (C=O) groups excluding carboxylic acids is 1. The van der Waals surface area contributed by atoms with Gasteiger partial charge in [0.1, 0.15) is 6.61 Å². The SMILES string of the molecule is NC(=O)OCCNC1CCCCC1C1CCCN1. The Morgan fingerprint density at radius 3 is 2.83 bits per heavy atom. The van der Waals surface area contributed by atoms with Crippen LogP contribution in [0.15, 0.2) is 0 Å². The van der Waals surface area contributed by atoms with Crippen molar-refractivity contribution in [3.8, 4) is 0 Å². The largest absolute Gasteiger partial charge is 0.448 e. The van der Waals surface area contributed by atoms with Crippen LogP contribution in [0.1, 0.15) is 38.5 Å². The lowest BCUT2D eigenvalue weighted by Crippen LogP contribution is -2.47. The molecular formula is C13H25N3O2. The van der Waals surface area contributed by atoms with Crippen molar-refractivity contribution in [2.75, 3.05) is 19.7 Å². The molecule has 2 aliphatic rings. The fraction of sp³-hybridized carbons (Fsp3) is 0.923.